The lowest BCUT2D eigenvalue weighted by molar-refractivity contribution is 0.0916. The van der Waals surface area contributed by atoms with Crippen molar-refractivity contribution in [2.75, 3.05) is 12.3 Å². The molecule has 2 rings (SSSR count). The summed E-state index contributed by atoms with van der Waals surface area (Å²) in [6, 6.07) is 13.4. The van der Waals surface area contributed by atoms with E-state index in [2.05, 4.69) is 5.32 Å². The third kappa shape index (κ3) is 3.50. The van der Waals surface area contributed by atoms with Gasteiger partial charge >= 0.3 is 0 Å². The Labute approximate surface area is 122 Å². The average Bonchev–Trinajstić information content (AvgIpc) is 2.44. The van der Waals surface area contributed by atoms with Crippen LogP contribution in [0.3, 0.4) is 0 Å². The Bertz CT molecular complexity index is 582. The summed E-state index contributed by atoms with van der Waals surface area (Å²) in [5.74, 6) is -0.331. The molecule has 0 spiro atoms. The van der Waals surface area contributed by atoms with Gasteiger partial charge in [-0.1, -0.05) is 41.9 Å². The molecule has 2 aromatic carbocycles. The second kappa shape index (κ2) is 6.41. The SMILES string of the molecule is Nc1cc(Cl)cc(C(=O)NC(CO)c2ccccc2)c1. The van der Waals surface area contributed by atoms with Crippen LogP contribution in [0.25, 0.3) is 0 Å². The number of benzene rings is 2. The van der Waals surface area contributed by atoms with Gasteiger partial charge in [0.05, 0.1) is 12.6 Å². The van der Waals surface area contributed by atoms with E-state index in [1.165, 1.54) is 6.07 Å². The first-order valence-electron chi connectivity index (χ1n) is 6.13. The Kier molecular flexibility index (Phi) is 4.61. The van der Waals surface area contributed by atoms with Crippen LogP contribution in [0.1, 0.15) is 22.0 Å². The Morgan fingerprint density at radius 3 is 2.55 bits per heavy atom. The van der Waals surface area contributed by atoms with E-state index in [0.29, 0.717) is 16.3 Å². The number of carbonyl (C=O) groups excluding carboxylic acids is 1. The molecule has 0 fully saturated rings. The van der Waals surface area contributed by atoms with Crippen molar-refractivity contribution >= 4 is 23.2 Å². The summed E-state index contributed by atoms with van der Waals surface area (Å²) in [4.78, 5) is 12.2. The number of nitrogens with one attached hydrogen (secondary N) is 1. The van der Waals surface area contributed by atoms with Gasteiger partial charge in [0.15, 0.2) is 0 Å². The Hall–Kier alpha value is -2.04. The minimum Gasteiger partial charge on any atom is -0.399 e. The van der Waals surface area contributed by atoms with Crippen molar-refractivity contribution in [2.24, 2.45) is 0 Å². The highest BCUT2D eigenvalue weighted by Crippen LogP contribution is 2.18. The fraction of sp³-hybridized carbons (Fsp3) is 0.133. The van der Waals surface area contributed by atoms with E-state index in [1.54, 1.807) is 12.1 Å². The minimum absolute atomic E-state index is 0.189. The van der Waals surface area contributed by atoms with Crippen LogP contribution in [0.4, 0.5) is 5.69 Å². The van der Waals surface area contributed by atoms with Crippen LogP contribution in [0.2, 0.25) is 5.02 Å². The first-order chi connectivity index (χ1) is 9.60. The highest BCUT2D eigenvalue weighted by Gasteiger charge is 2.15. The zero-order valence-corrected chi connectivity index (χ0v) is 11.5. The highest BCUT2D eigenvalue weighted by molar-refractivity contribution is 6.31. The fourth-order valence-electron chi connectivity index (χ4n) is 1.90. The van der Waals surface area contributed by atoms with Crippen molar-refractivity contribution in [1.29, 1.82) is 0 Å². The van der Waals surface area contributed by atoms with Crippen molar-refractivity contribution in [3.63, 3.8) is 0 Å². The summed E-state index contributed by atoms with van der Waals surface area (Å²) in [6.45, 7) is -0.189. The molecule has 0 aliphatic heterocycles. The van der Waals surface area contributed by atoms with Gasteiger partial charge < -0.3 is 16.2 Å². The molecule has 0 heterocycles. The number of hydrogen-bond acceptors (Lipinski definition) is 3. The zero-order chi connectivity index (χ0) is 14.5. The number of rotatable bonds is 4. The summed E-state index contributed by atoms with van der Waals surface area (Å²) < 4.78 is 0. The summed E-state index contributed by atoms with van der Waals surface area (Å²) in [5, 5.41) is 12.6. The summed E-state index contributed by atoms with van der Waals surface area (Å²) >= 11 is 5.87. The largest absolute Gasteiger partial charge is 0.399 e. The molecule has 2 aromatic rings. The van der Waals surface area contributed by atoms with Crippen molar-refractivity contribution in [2.45, 2.75) is 6.04 Å². The lowest BCUT2D eigenvalue weighted by atomic mass is 10.1. The van der Waals surface area contributed by atoms with Crippen molar-refractivity contribution in [3.05, 3.63) is 64.7 Å². The number of aliphatic hydroxyl groups is 1. The van der Waals surface area contributed by atoms with Gasteiger partial charge in [0.2, 0.25) is 0 Å². The van der Waals surface area contributed by atoms with Gasteiger partial charge in [-0.2, -0.15) is 0 Å². The standard InChI is InChI=1S/C15H15ClN2O2/c16-12-6-11(7-13(17)8-12)15(20)18-14(9-19)10-4-2-1-3-5-10/h1-8,14,19H,9,17H2,(H,18,20). The van der Waals surface area contributed by atoms with Gasteiger partial charge in [0.25, 0.3) is 5.91 Å². The van der Waals surface area contributed by atoms with E-state index in [9.17, 15) is 9.90 Å². The smallest absolute Gasteiger partial charge is 0.251 e. The molecule has 1 amide bonds. The van der Waals surface area contributed by atoms with Crippen LogP contribution in [0.5, 0.6) is 0 Å². The predicted octanol–water partition coefficient (Wildman–Crippen LogP) is 2.39. The molecule has 0 bridgehead atoms. The molecule has 1 atom stereocenters. The quantitative estimate of drug-likeness (QED) is 0.757. The molecule has 0 saturated heterocycles. The summed E-state index contributed by atoms with van der Waals surface area (Å²) in [7, 11) is 0. The molecule has 0 aliphatic carbocycles. The molecule has 4 N–H and O–H groups in total. The Morgan fingerprint density at radius 1 is 1.25 bits per heavy atom. The second-order valence-corrected chi connectivity index (χ2v) is 4.83. The predicted molar refractivity (Wildman–Crippen MR) is 79.6 cm³/mol. The topological polar surface area (TPSA) is 75.4 Å². The Morgan fingerprint density at radius 2 is 1.95 bits per heavy atom. The lowest BCUT2D eigenvalue weighted by Gasteiger charge is -2.17. The minimum atomic E-state index is -0.469. The molecule has 104 valence electrons. The summed E-state index contributed by atoms with van der Waals surface area (Å²) in [5.41, 5.74) is 7.27. The molecule has 0 saturated carbocycles. The van der Waals surface area contributed by atoms with Gasteiger partial charge in [-0.3, -0.25) is 4.79 Å². The monoisotopic (exact) mass is 290 g/mol. The molecule has 0 aromatic heterocycles. The van der Waals surface area contributed by atoms with Crippen LogP contribution in [-0.4, -0.2) is 17.6 Å². The number of anilines is 1. The van der Waals surface area contributed by atoms with Gasteiger partial charge in [-0.25, -0.2) is 0 Å². The average molecular weight is 291 g/mol. The molecule has 5 heteroatoms. The normalized spacial score (nSPS) is 11.9. The number of nitrogens with two attached hydrogens (primary N) is 1. The van der Waals surface area contributed by atoms with E-state index >= 15 is 0 Å². The number of halogens is 1. The molecular formula is C15H15ClN2O2. The van der Waals surface area contributed by atoms with Gasteiger partial charge in [-0.15, -0.1) is 0 Å². The van der Waals surface area contributed by atoms with Crippen LogP contribution >= 0.6 is 11.6 Å². The van der Waals surface area contributed by atoms with E-state index in [0.717, 1.165) is 5.56 Å². The van der Waals surface area contributed by atoms with Crippen molar-refractivity contribution in [1.82, 2.24) is 5.32 Å². The van der Waals surface area contributed by atoms with Crippen LogP contribution < -0.4 is 11.1 Å². The molecule has 20 heavy (non-hydrogen) atoms. The first-order valence-corrected chi connectivity index (χ1v) is 6.50. The molecular weight excluding hydrogens is 276 g/mol. The molecule has 0 radical (unpaired) electrons. The number of hydrogen-bond donors (Lipinski definition) is 3. The maximum atomic E-state index is 12.2. The molecule has 1 unspecified atom stereocenters. The van der Waals surface area contributed by atoms with Crippen LogP contribution in [-0.2, 0) is 0 Å². The Balaban J connectivity index is 2.17. The zero-order valence-electron chi connectivity index (χ0n) is 10.7. The van der Waals surface area contributed by atoms with Crippen molar-refractivity contribution in [3.8, 4) is 0 Å². The van der Waals surface area contributed by atoms with Crippen molar-refractivity contribution < 1.29 is 9.90 Å². The maximum absolute atomic E-state index is 12.2. The third-order valence-electron chi connectivity index (χ3n) is 2.87. The van der Waals surface area contributed by atoms with Crippen LogP contribution in [0.15, 0.2) is 48.5 Å². The maximum Gasteiger partial charge on any atom is 0.251 e. The number of amides is 1. The third-order valence-corrected chi connectivity index (χ3v) is 3.09. The second-order valence-electron chi connectivity index (χ2n) is 4.39. The first kappa shape index (κ1) is 14.4. The van der Waals surface area contributed by atoms with Gasteiger partial charge in [-0.05, 0) is 23.8 Å². The molecule has 0 aliphatic rings. The van der Waals surface area contributed by atoms with E-state index in [-0.39, 0.29) is 12.5 Å². The highest BCUT2D eigenvalue weighted by atomic mass is 35.5. The number of aliphatic hydroxyl groups excluding tert-OH is 1. The fourth-order valence-corrected chi connectivity index (χ4v) is 2.15. The molecule has 4 nitrogen and oxygen atoms in total. The number of carbonyl (C=O) groups is 1. The van der Waals surface area contributed by atoms with Gasteiger partial charge in [0, 0.05) is 16.3 Å². The van der Waals surface area contributed by atoms with E-state index in [1.807, 2.05) is 30.3 Å². The summed E-state index contributed by atoms with van der Waals surface area (Å²) in [6.07, 6.45) is 0. The lowest BCUT2D eigenvalue weighted by Crippen LogP contribution is -2.30. The van der Waals surface area contributed by atoms with E-state index in [4.69, 9.17) is 17.3 Å². The van der Waals surface area contributed by atoms with E-state index < -0.39 is 6.04 Å². The van der Waals surface area contributed by atoms with Gasteiger partial charge in [0.1, 0.15) is 0 Å². The van der Waals surface area contributed by atoms with Crippen LogP contribution in [0, 0.1) is 0 Å². The number of nitrogen functional groups attached to an aromatic ring is 1.